The molecule has 2 aromatic rings. The molecule has 6 nitrogen and oxygen atoms in total. The second kappa shape index (κ2) is 6.23. The topological polar surface area (TPSA) is 75.8 Å². The van der Waals surface area contributed by atoms with Crippen LogP contribution in [0.25, 0.3) is 0 Å². The van der Waals surface area contributed by atoms with Crippen LogP contribution in [0.4, 0.5) is 17.1 Å². The molecule has 0 heterocycles. The summed E-state index contributed by atoms with van der Waals surface area (Å²) in [6, 6.07) is 12.1. The van der Waals surface area contributed by atoms with E-state index in [1.54, 1.807) is 19.2 Å². The molecule has 0 aliphatic heterocycles. The van der Waals surface area contributed by atoms with Crippen molar-refractivity contribution in [3.8, 4) is 5.75 Å². The number of aliphatic hydroxyl groups is 1. The van der Waals surface area contributed by atoms with Gasteiger partial charge in [0.1, 0.15) is 5.75 Å². The Labute approximate surface area is 122 Å². The molecule has 2 aromatic carbocycles. The van der Waals surface area contributed by atoms with E-state index < -0.39 is 4.92 Å². The van der Waals surface area contributed by atoms with Crippen LogP contribution in [0.3, 0.4) is 0 Å². The first-order chi connectivity index (χ1) is 10.1. The molecule has 0 aliphatic rings. The van der Waals surface area contributed by atoms with E-state index in [2.05, 4.69) is 0 Å². The van der Waals surface area contributed by atoms with Gasteiger partial charge < -0.3 is 14.7 Å². The van der Waals surface area contributed by atoms with Crippen molar-refractivity contribution in [2.24, 2.45) is 0 Å². The molecular weight excluding hydrogens is 272 g/mol. The van der Waals surface area contributed by atoms with Crippen molar-refractivity contribution in [3.63, 3.8) is 0 Å². The van der Waals surface area contributed by atoms with Gasteiger partial charge in [0.2, 0.25) is 0 Å². The van der Waals surface area contributed by atoms with Crippen LogP contribution in [0, 0.1) is 10.1 Å². The van der Waals surface area contributed by atoms with Gasteiger partial charge in [-0.15, -0.1) is 0 Å². The highest BCUT2D eigenvalue weighted by molar-refractivity contribution is 5.66. The Bertz CT molecular complexity index is 658. The van der Waals surface area contributed by atoms with Gasteiger partial charge in [-0.1, -0.05) is 6.07 Å². The summed E-state index contributed by atoms with van der Waals surface area (Å²) in [5.74, 6) is 0.726. The fraction of sp³-hybridized carbons (Fsp3) is 0.200. The van der Waals surface area contributed by atoms with Crippen molar-refractivity contribution in [1.29, 1.82) is 0 Å². The minimum Gasteiger partial charge on any atom is -0.497 e. The molecule has 0 aromatic heterocycles. The molecule has 0 aliphatic carbocycles. The maximum absolute atomic E-state index is 10.9. The minimum absolute atomic E-state index is 0.0831. The number of hydrogen-bond donors (Lipinski definition) is 1. The number of methoxy groups -OCH3 is 1. The van der Waals surface area contributed by atoms with Gasteiger partial charge in [-0.05, 0) is 24.3 Å². The summed E-state index contributed by atoms with van der Waals surface area (Å²) in [4.78, 5) is 12.2. The number of ether oxygens (including phenoxy) is 1. The lowest BCUT2D eigenvalue weighted by atomic mass is 10.1. The Kier molecular flexibility index (Phi) is 4.39. The Morgan fingerprint density at radius 3 is 2.57 bits per heavy atom. The maximum Gasteiger partial charge on any atom is 0.275 e. The number of benzene rings is 2. The number of nitro groups is 1. The first kappa shape index (κ1) is 14.8. The van der Waals surface area contributed by atoms with Gasteiger partial charge in [0, 0.05) is 30.6 Å². The summed E-state index contributed by atoms with van der Waals surface area (Å²) < 4.78 is 5.18. The standard InChI is InChI=1S/C15H16N2O4/c1-16(12-4-3-5-14(9-12)21-2)13-6-7-15(17(19)20)11(8-13)10-18/h3-9,18H,10H2,1-2H3. The first-order valence-corrected chi connectivity index (χ1v) is 6.32. The van der Waals surface area contributed by atoms with Crippen LogP contribution in [0.1, 0.15) is 5.56 Å². The first-order valence-electron chi connectivity index (χ1n) is 6.32. The predicted octanol–water partition coefficient (Wildman–Crippen LogP) is 2.86. The molecule has 21 heavy (non-hydrogen) atoms. The second-order valence-electron chi connectivity index (χ2n) is 4.49. The Morgan fingerprint density at radius 1 is 1.24 bits per heavy atom. The third-order valence-corrected chi connectivity index (χ3v) is 3.26. The number of aliphatic hydroxyl groups excluding tert-OH is 1. The lowest BCUT2D eigenvalue weighted by molar-refractivity contribution is -0.385. The van der Waals surface area contributed by atoms with Crippen LogP contribution in [-0.2, 0) is 6.61 Å². The van der Waals surface area contributed by atoms with E-state index in [0.29, 0.717) is 0 Å². The summed E-state index contributed by atoms with van der Waals surface area (Å²) in [6.07, 6.45) is 0. The third kappa shape index (κ3) is 3.11. The molecule has 0 spiro atoms. The number of anilines is 2. The van der Waals surface area contributed by atoms with Crippen molar-refractivity contribution < 1.29 is 14.8 Å². The van der Waals surface area contributed by atoms with Crippen LogP contribution in [0.2, 0.25) is 0 Å². The Morgan fingerprint density at radius 2 is 1.95 bits per heavy atom. The second-order valence-corrected chi connectivity index (χ2v) is 4.49. The molecule has 2 rings (SSSR count). The Balaban J connectivity index is 2.38. The lowest BCUT2D eigenvalue weighted by Gasteiger charge is -2.20. The molecule has 0 bridgehead atoms. The molecule has 0 saturated heterocycles. The van der Waals surface area contributed by atoms with E-state index in [4.69, 9.17) is 4.74 Å². The molecule has 0 atom stereocenters. The summed E-state index contributed by atoms with van der Waals surface area (Å²) >= 11 is 0. The van der Waals surface area contributed by atoms with Crippen LogP contribution in [0.15, 0.2) is 42.5 Å². The van der Waals surface area contributed by atoms with E-state index in [0.717, 1.165) is 17.1 Å². The van der Waals surface area contributed by atoms with E-state index in [9.17, 15) is 15.2 Å². The summed E-state index contributed by atoms with van der Waals surface area (Å²) in [5, 5.41) is 20.2. The minimum atomic E-state index is -0.499. The summed E-state index contributed by atoms with van der Waals surface area (Å²) in [7, 11) is 3.44. The highest BCUT2D eigenvalue weighted by atomic mass is 16.6. The van der Waals surface area contributed by atoms with Gasteiger partial charge in [-0.25, -0.2) is 0 Å². The van der Waals surface area contributed by atoms with Gasteiger partial charge in [-0.2, -0.15) is 0 Å². The van der Waals surface area contributed by atoms with Crippen molar-refractivity contribution in [2.45, 2.75) is 6.61 Å². The quantitative estimate of drug-likeness (QED) is 0.676. The molecule has 110 valence electrons. The summed E-state index contributed by atoms with van der Waals surface area (Å²) in [5.41, 5.74) is 1.83. The fourth-order valence-corrected chi connectivity index (χ4v) is 2.05. The molecule has 6 heteroatoms. The van der Waals surface area contributed by atoms with Gasteiger partial charge >= 0.3 is 0 Å². The smallest absolute Gasteiger partial charge is 0.275 e. The van der Waals surface area contributed by atoms with E-state index in [-0.39, 0.29) is 17.9 Å². The van der Waals surface area contributed by atoms with E-state index in [1.807, 2.05) is 36.2 Å². The van der Waals surface area contributed by atoms with Gasteiger partial charge in [-0.3, -0.25) is 10.1 Å². The lowest BCUT2D eigenvalue weighted by Crippen LogP contribution is -2.10. The molecule has 0 radical (unpaired) electrons. The van der Waals surface area contributed by atoms with Crippen molar-refractivity contribution in [2.75, 3.05) is 19.1 Å². The number of rotatable bonds is 5. The van der Waals surface area contributed by atoms with Crippen LogP contribution in [0.5, 0.6) is 5.75 Å². The van der Waals surface area contributed by atoms with Gasteiger partial charge in [0.05, 0.1) is 24.2 Å². The fourth-order valence-electron chi connectivity index (χ4n) is 2.05. The normalized spacial score (nSPS) is 10.2. The van der Waals surface area contributed by atoms with Crippen LogP contribution < -0.4 is 9.64 Å². The highest BCUT2D eigenvalue weighted by Crippen LogP contribution is 2.30. The largest absolute Gasteiger partial charge is 0.497 e. The molecule has 0 unspecified atom stereocenters. The zero-order chi connectivity index (χ0) is 15.4. The SMILES string of the molecule is COc1cccc(N(C)c2ccc([N+](=O)[O-])c(CO)c2)c1. The monoisotopic (exact) mass is 288 g/mol. The Hall–Kier alpha value is -2.60. The van der Waals surface area contributed by atoms with Crippen molar-refractivity contribution >= 4 is 17.1 Å². The molecule has 1 N–H and O–H groups in total. The van der Waals surface area contributed by atoms with E-state index in [1.165, 1.54) is 6.07 Å². The predicted molar refractivity (Wildman–Crippen MR) is 80.1 cm³/mol. The van der Waals surface area contributed by atoms with Crippen LogP contribution >= 0.6 is 0 Å². The average Bonchev–Trinajstić information content (AvgIpc) is 2.53. The van der Waals surface area contributed by atoms with Crippen molar-refractivity contribution in [1.82, 2.24) is 0 Å². The third-order valence-electron chi connectivity index (χ3n) is 3.26. The number of hydrogen-bond acceptors (Lipinski definition) is 5. The zero-order valence-corrected chi connectivity index (χ0v) is 11.8. The average molecular weight is 288 g/mol. The molecule has 0 saturated carbocycles. The summed E-state index contributed by atoms with van der Waals surface area (Å²) in [6.45, 7) is -0.379. The number of nitro benzene ring substituents is 1. The zero-order valence-electron chi connectivity index (χ0n) is 11.8. The van der Waals surface area contributed by atoms with Crippen molar-refractivity contribution in [3.05, 3.63) is 58.1 Å². The molecule has 0 amide bonds. The molecular formula is C15H16N2O4. The van der Waals surface area contributed by atoms with E-state index >= 15 is 0 Å². The number of nitrogens with zero attached hydrogens (tertiary/aromatic N) is 2. The highest BCUT2D eigenvalue weighted by Gasteiger charge is 2.15. The van der Waals surface area contributed by atoms with Crippen LogP contribution in [-0.4, -0.2) is 24.2 Å². The van der Waals surface area contributed by atoms with Gasteiger partial charge in [0.25, 0.3) is 5.69 Å². The van der Waals surface area contributed by atoms with Gasteiger partial charge in [0.15, 0.2) is 0 Å². The maximum atomic E-state index is 10.9. The molecule has 0 fully saturated rings.